The van der Waals surface area contributed by atoms with Crippen LogP contribution in [0.4, 0.5) is 5.69 Å². The van der Waals surface area contributed by atoms with Crippen LogP contribution in [0.1, 0.15) is 65.4 Å². The first-order valence-electron chi connectivity index (χ1n) is 17.9. The molecule has 2 bridgehead atoms. The normalized spacial score (nSPS) is 26.6. The van der Waals surface area contributed by atoms with Gasteiger partial charge in [0, 0.05) is 24.8 Å². The number of nitrogens with zero attached hydrogens (tertiary/aromatic N) is 3. The highest BCUT2D eigenvalue weighted by Crippen LogP contribution is 2.65. The van der Waals surface area contributed by atoms with Gasteiger partial charge in [0.05, 0.1) is 36.7 Å². The minimum Gasteiger partial charge on any atom is -0.494 e. The molecule has 3 amide bonds. The summed E-state index contributed by atoms with van der Waals surface area (Å²) in [6.07, 6.45) is 6.93. The van der Waals surface area contributed by atoms with E-state index in [9.17, 15) is 9.90 Å². The van der Waals surface area contributed by atoms with Crippen molar-refractivity contribution in [3.05, 3.63) is 85.5 Å². The molecule has 7 atom stereocenters. The van der Waals surface area contributed by atoms with Crippen LogP contribution >= 0.6 is 0 Å². The fraction of sp³-hybridized carbons (Fsp3) is 0.525. The summed E-state index contributed by atoms with van der Waals surface area (Å²) in [6, 6.07) is 15.2. The predicted molar refractivity (Wildman–Crippen MR) is 191 cm³/mol. The molecule has 5 rings (SSSR count). The Morgan fingerprint density at radius 1 is 1.04 bits per heavy atom. The predicted octanol–water partition coefficient (Wildman–Crippen LogP) is 5.57. The quantitative estimate of drug-likeness (QED) is 0.221. The van der Waals surface area contributed by atoms with Gasteiger partial charge in [0.2, 0.25) is 17.7 Å². The van der Waals surface area contributed by atoms with Gasteiger partial charge >= 0.3 is 0 Å². The lowest BCUT2D eigenvalue weighted by Gasteiger charge is -2.41. The molecule has 0 aliphatic carbocycles. The second-order valence-corrected chi connectivity index (χ2v) is 13.7. The second kappa shape index (κ2) is 15.3. The lowest BCUT2D eigenvalue weighted by atomic mass is 9.64. The number of aliphatic hydroxyl groups excluding tert-OH is 1. The molecule has 0 saturated carbocycles. The van der Waals surface area contributed by atoms with Crippen LogP contribution in [0.25, 0.3) is 0 Å². The molecule has 3 aliphatic rings. The molecule has 264 valence electrons. The standard InChI is InChI=1S/C40H53N3O6/c1-7-15-28(6)41(24-8-2)38(47)35-40-23-22-39(10-4,49-40)33(36(45)42(25-9-3)30-18-20-32(21-19-30)48-11-5)34(40)37(46)43(35)31(27-44)26-29-16-13-12-14-17-29/h8-9,12-14,16-21,28,31,33-35,44H,2-3,7,10-11,15,22-27H2,1,4-6H3/t28?,31-,33-,34+,35?,39+,40?/m1/s1. The van der Waals surface area contributed by atoms with Gasteiger partial charge in [-0.05, 0) is 75.8 Å². The van der Waals surface area contributed by atoms with Gasteiger partial charge in [-0.25, -0.2) is 0 Å². The zero-order valence-corrected chi connectivity index (χ0v) is 29.6. The average Bonchev–Trinajstić information content (AvgIpc) is 3.72. The van der Waals surface area contributed by atoms with Crippen LogP contribution < -0.4 is 9.64 Å². The van der Waals surface area contributed by atoms with Crippen LogP contribution in [0, 0.1) is 11.8 Å². The summed E-state index contributed by atoms with van der Waals surface area (Å²) in [7, 11) is 0. The SMILES string of the molecule is C=CCN(C(=O)[C@H]1[C@H]2C(=O)N([C@@H](CO)Cc3ccccc3)C(C(=O)N(CC=C)C(C)CCC)C23CC[C@]1(CC)O3)c1ccc(OCC)cc1. The van der Waals surface area contributed by atoms with Crippen molar-refractivity contribution in [3.63, 3.8) is 0 Å². The van der Waals surface area contributed by atoms with Gasteiger partial charge < -0.3 is 29.3 Å². The summed E-state index contributed by atoms with van der Waals surface area (Å²) in [5.74, 6) is -1.80. The van der Waals surface area contributed by atoms with Gasteiger partial charge in [0.15, 0.2) is 0 Å². The molecule has 3 fully saturated rings. The highest BCUT2D eigenvalue weighted by atomic mass is 16.5. The first-order valence-corrected chi connectivity index (χ1v) is 17.9. The third-order valence-electron chi connectivity index (χ3n) is 10.9. The molecule has 2 aromatic rings. The third-order valence-corrected chi connectivity index (χ3v) is 10.9. The Balaban J connectivity index is 1.63. The number of amides is 3. The highest BCUT2D eigenvalue weighted by molar-refractivity contribution is 6.03. The van der Waals surface area contributed by atoms with Crippen LogP contribution in [-0.4, -0.2) is 88.3 Å². The maximum atomic E-state index is 15.1. The molecule has 3 saturated heterocycles. The van der Waals surface area contributed by atoms with Gasteiger partial charge in [0.25, 0.3) is 0 Å². The Morgan fingerprint density at radius 3 is 2.33 bits per heavy atom. The lowest BCUT2D eigenvalue weighted by molar-refractivity contribution is -0.157. The van der Waals surface area contributed by atoms with E-state index in [-0.39, 0.29) is 36.9 Å². The van der Waals surface area contributed by atoms with E-state index in [0.717, 1.165) is 18.4 Å². The van der Waals surface area contributed by atoms with E-state index in [1.54, 1.807) is 26.9 Å². The number of carbonyl (C=O) groups is 3. The summed E-state index contributed by atoms with van der Waals surface area (Å²) in [5.41, 5.74) is -0.542. The molecule has 9 heteroatoms. The average molecular weight is 672 g/mol. The topological polar surface area (TPSA) is 99.6 Å². The first-order chi connectivity index (χ1) is 23.7. The first kappa shape index (κ1) is 36.3. The monoisotopic (exact) mass is 671 g/mol. The maximum absolute atomic E-state index is 15.1. The second-order valence-electron chi connectivity index (χ2n) is 13.7. The number of ether oxygens (including phenoxy) is 2. The molecule has 3 heterocycles. The summed E-state index contributed by atoms with van der Waals surface area (Å²) >= 11 is 0. The molecule has 9 nitrogen and oxygen atoms in total. The van der Waals surface area contributed by atoms with E-state index in [1.165, 1.54) is 0 Å². The van der Waals surface area contributed by atoms with Crippen molar-refractivity contribution in [2.75, 3.05) is 31.2 Å². The Bertz CT molecular complexity index is 1500. The van der Waals surface area contributed by atoms with Gasteiger partial charge in [-0.3, -0.25) is 14.4 Å². The van der Waals surface area contributed by atoms with Crippen molar-refractivity contribution in [1.29, 1.82) is 0 Å². The molecule has 1 spiro atoms. The number of likely N-dealkylation sites (tertiary alicyclic amines) is 1. The molecular weight excluding hydrogens is 618 g/mol. The van der Waals surface area contributed by atoms with Gasteiger partial charge in [-0.15, -0.1) is 13.2 Å². The molecule has 2 aromatic carbocycles. The smallest absolute Gasteiger partial charge is 0.248 e. The van der Waals surface area contributed by atoms with E-state index in [1.807, 2.05) is 75.4 Å². The summed E-state index contributed by atoms with van der Waals surface area (Å²) in [6.45, 7) is 16.6. The number of benzene rings is 2. The van der Waals surface area contributed by atoms with Crippen LogP contribution in [-0.2, 0) is 25.5 Å². The van der Waals surface area contributed by atoms with Gasteiger partial charge in [-0.1, -0.05) is 62.8 Å². The Hall–Kier alpha value is -3.95. The van der Waals surface area contributed by atoms with Crippen molar-refractivity contribution >= 4 is 23.4 Å². The van der Waals surface area contributed by atoms with Crippen molar-refractivity contribution in [2.24, 2.45) is 11.8 Å². The number of aliphatic hydroxyl groups is 1. The molecule has 0 aromatic heterocycles. The number of hydrogen-bond acceptors (Lipinski definition) is 6. The molecule has 49 heavy (non-hydrogen) atoms. The summed E-state index contributed by atoms with van der Waals surface area (Å²) in [4.78, 5) is 50.1. The molecular formula is C40H53N3O6. The van der Waals surface area contributed by atoms with Gasteiger partial charge in [-0.2, -0.15) is 0 Å². The van der Waals surface area contributed by atoms with Gasteiger partial charge in [0.1, 0.15) is 17.4 Å². The van der Waals surface area contributed by atoms with Crippen LogP contribution in [0.15, 0.2) is 79.9 Å². The van der Waals surface area contributed by atoms with Crippen molar-refractivity contribution < 1.29 is 29.0 Å². The fourth-order valence-corrected chi connectivity index (χ4v) is 8.71. The van der Waals surface area contributed by atoms with Crippen molar-refractivity contribution in [1.82, 2.24) is 9.80 Å². The van der Waals surface area contributed by atoms with Crippen LogP contribution in [0.3, 0.4) is 0 Å². The highest BCUT2D eigenvalue weighted by Gasteiger charge is 2.79. The minimum atomic E-state index is -1.22. The largest absolute Gasteiger partial charge is 0.494 e. The summed E-state index contributed by atoms with van der Waals surface area (Å²) in [5, 5.41) is 10.9. The molecule has 0 radical (unpaired) electrons. The fourth-order valence-electron chi connectivity index (χ4n) is 8.71. The number of rotatable bonds is 17. The van der Waals surface area contributed by atoms with E-state index in [4.69, 9.17) is 9.47 Å². The van der Waals surface area contributed by atoms with E-state index < -0.39 is 35.1 Å². The number of anilines is 1. The van der Waals surface area contributed by atoms with Crippen molar-refractivity contribution in [3.8, 4) is 5.75 Å². The minimum absolute atomic E-state index is 0.108. The maximum Gasteiger partial charge on any atom is 0.248 e. The lowest BCUT2D eigenvalue weighted by Crippen LogP contribution is -2.60. The van der Waals surface area contributed by atoms with E-state index >= 15 is 9.59 Å². The van der Waals surface area contributed by atoms with E-state index in [2.05, 4.69) is 20.1 Å². The van der Waals surface area contributed by atoms with Crippen molar-refractivity contribution in [2.45, 2.75) is 95.5 Å². The third kappa shape index (κ3) is 6.43. The molecule has 1 N–H and O–H groups in total. The Kier molecular flexibility index (Phi) is 11.3. The molecule has 3 unspecified atom stereocenters. The number of hydrogen-bond donors (Lipinski definition) is 1. The zero-order valence-electron chi connectivity index (χ0n) is 29.6. The summed E-state index contributed by atoms with van der Waals surface area (Å²) < 4.78 is 12.7. The number of fused-ring (bicyclic) bond motifs is 1. The number of carbonyl (C=O) groups excluding carboxylic acids is 3. The molecule has 3 aliphatic heterocycles. The van der Waals surface area contributed by atoms with Crippen LogP contribution in [0.5, 0.6) is 5.75 Å². The van der Waals surface area contributed by atoms with Crippen LogP contribution in [0.2, 0.25) is 0 Å². The Labute approximate surface area is 291 Å². The van der Waals surface area contributed by atoms with E-state index in [0.29, 0.717) is 50.3 Å². The zero-order chi connectivity index (χ0) is 35.3. The Morgan fingerprint density at radius 2 is 1.73 bits per heavy atom.